The van der Waals surface area contributed by atoms with Gasteiger partial charge in [-0.1, -0.05) is 0 Å². The molecule has 2 aromatic rings. The lowest BCUT2D eigenvalue weighted by Crippen LogP contribution is -2.24. The van der Waals surface area contributed by atoms with Crippen LogP contribution in [-0.2, 0) is 14.8 Å². The van der Waals surface area contributed by atoms with Crippen molar-refractivity contribution in [1.82, 2.24) is 0 Å². The minimum Gasteiger partial charge on any atom is -0.497 e. The van der Waals surface area contributed by atoms with E-state index in [1.54, 1.807) is 35.2 Å². The van der Waals surface area contributed by atoms with Gasteiger partial charge in [0, 0.05) is 19.0 Å². The highest BCUT2D eigenvalue weighted by molar-refractivity contribution is 7.92. The molecule has 7 nitrogen and oxygen atoms in total. The highest BCUT2D eigenvalue weighted by Crippen LogP contribution is 2.34. The smallest absolute Gasteiger partial charge is 0.261 e. The van der Waals surface area contributed by atoms with Gasteiger partial charge in [-0.2, -0.15) is 0 Å². The molecule has 8 heteroatoms. The monoisotopic (exact) mass is 376 g/mol. The van der Waals surface area contributed by atoms with Gasteiger partial charge in [0.15, 0.2) is 0 Å². The summed E-state index contributed by atoms with van der Waals surface area (Å²) in [5.41, 5.74) is 0.996. The van der Waals surface area contributed by atoms with Crippen molar-refractivity contribution in [2.45, 2.75) is 17.7 Å². The van der Waals surface area contributed by atoms with Crippen LogP contribution in [0.3, 0.4) is 0 Å². The molecule has 0 bridgehead atoms. The minimum atomic E-state index is -3.75. The number of carbonyl (C=O) groups is 1. The quantitative estimate of drug-likeness (QED) is 0.838. The Kier molecular flexibility index (Phi) is 5.03. The number of methoxy groups -OCH3 is 2. The number of ether oxygens (including phenoxy) is 2. The van der Waals surface area contributed by atoms with E-state index in [4.69, 9.17) is 9.47 Å². The first kappa shape index (κ1) is 18.1. The minimum absolute atomic E-state index is 0.0369. The Bertz CT molecular complexity index is 910. The molecule has 0 atom stereocenters. The maximum absolute atomic E-state index is 12.5. The summed E-state index contributed by atoms with van der Waals surface area (Å²) in [7, 11) is -0.746. The summed E-state index contributed by atoms with van der Waals surface area (Å²) < 4.78 is 38.0. The van der Waals surface area contributed by atoms with Crippen molar-refractivity contribution in [3.05, 3.63) is 42.5 Å². The van der Waals surface area contributed by atoms with Gasteiger partial charge in [0.1, 0.15) is 11.5 Å². The molecule has 1 N–H and O–H groups in total. The topological polar surface area (TPSA) is 84.9 Å². The number of rotatable bonds is 6. The molecule has 138 valence electrons. The molecule has 1 saturated heterocycles. The zero-order valence-electron chi connectivity index (χ0n) is 14.6. The Morgan fingerprint density at radius 2 is 1.77 bits per heavy atom. The van der Waals surface area contributed by atoms with E-state index in [9.17, 15) is 13.2 Å². The number of nitrogens with one attached hydrogen (secondary N) is 1. The highest BCUT2D eigenvalue weighted by atomic mass is 32.2. The second kappa shape index (κ2) is 7.25. The third kappa shape index (κ3) is 3.60. The van der Waals surface area contributed by atoms with Crippen molar-refractivity contribution >= 4 is 27.3 Å². The molecule has 0 unspecified atom stereocenters. The van der Waals surface area contributed by atoms with Crippen LogP contribution < -0.4 is 19.1 Å². The molecule has 1 heterocycles. The number of benzene rings is 2. The molecule has 1 amide bonds. The lowest BCUT2D eigenvalue weighted by atomic mass is 10.2. The van der Waals surface area contributed by atoms with Gasteiger partial charge in [0.25, 0.3) is 10.0 Å². The van der Waals surface area contributed by atoms with Gasteiger partial charge >= 0.3 is 0 Å². The van der Waals surface area contributed by atoms with Crippen molar-refractivity contribution in [2.24, 2.45) is 0 Å². The van der Waals surface area contributed by atoms with Crippen molar-refractivity contribution in [3.8, 4) is 11.5 Å². The van der Waals surface area contributed by atoms with Crippen molar-refractivity contribution in [2.75, 3.05) is 30.4 Å². The number of carbonyl (C=O) groups excluding carboxylic acids is 1. The first-order valence-corrected chi connectivity index (χ1v) is 9.58. The first-order valence-electron chi connectivity index (χ1n) is 8.10. The Morgan fingerprint density at radius 1 is 1.04 bits per heavy atom. The van der Waals surface area contributed by atoms with Gasteiger partial charge in [-0.05, 0) is 42.8 Å². The lowest BCUT2D eigenvalue weighted by Gasteiger charge is -2.20. The number of sulfonamides is 1. The molecular formula is C18H20N2O5S. The van der Waals surface area contributed by atoms with Crippen LogP contribution in [-0.4, -0.2) is 35.1 Å². The zero-order chi connectivity index (χ0) is 18.7. The Morgan fingerprint density at radius 3 is 2.35 bits per heavy atom. The first-order chi connectivity index (χ1) is 12.4. The predicted octanol–water partition coefficient (Wildman–Crippen LogP) is 2.63. The van der Waals surface area contributed by atoms with E-state index in [-0.39, 0.29) is 10.8 Å². The summed E-state index contributed by atoms with van der Waals surface area (Å²) in [4.78, 5) is 13.7. The molecule has 26 heavy (non-hydrogen) atoms. The third-order valence-corrected chi connectivity index (χ3v) is 5.56. The highest BCUT2D eigenvalue weighted by Gasteiger charge is 2.25. The van der Waals surface area contributed by atoms with Crippen LogP contribution in [0.4, 0.5) is 11.4 Å². The maximum Gasteiger partial charge on any atom is 0.261 e. The number of anilines is 2. The van der Waals surface area contributed by atoms with E-state index in [2.05, 4.69) is 4.72 Å². The van der Waals surface area contributed by atoms with Gasteiger partial charge in [0.05, 0.1) is 30.5 Å². The predicted molar refractivity (Wildman–Crippen MR) is 98.4 cm³/mol. The van der Waals surface area contributed by atoms with Crippen LogP contribution in [0.5, 0.6) is 11.5 Å². The third-order valence-electron chi connectivity index (χ3n) is 4.17. The summed E-state index contributed by atoms with van der Waals surface area (Å²) in [6.45, 7) is 0.631. The van der Waals surface area contributed by atoms with E-state index < -0.39 is 10.0 Å². The van der Waals surface area contributed by atoms with Crippen molar-refractivity contribution in [1.29, 1.82) is 0 Å². The van der Waals surface area contributed by atoms with Gasteiger partial charge in [-0.3, -0.25) is 9.52 Å². The molecule has 0 saturated carbocycles. The number of nitrogens with zero attached hydrogens (tertiary/aromatic N) is 1. The average Bonchev–Trinajstić information content (AvgIpc) is 3.07. The fourth-order valence-corrected chi connectivity index (χ4v) is 3.89. The molecule has 0 aliphatic carbocycles. The Labute approximate surface area is 152 Å². The molecular weight excluding hydrogens is 356 g/mol. The second-order valence-corrected chi connectivity index (χ2v) is 7.50. The molecule has 3 rings (SSSR count). The fraction of sp³-hybridized carbons (Fsp3) is 0.278. The number of amides is 1. The van der Waals surface area contributed by atoms with E-state index in [0.717, 1.165) is 6.42 Å². The van der Waals surface area contributed by atoms with Crippen LogP contribution in [0.2, 0.25) is 0 Å². The fourth-order valence-electron chi connectivity index (χ4n) is 2.84. The summed E-state index contributed by atoms with van der Waals surface area (Å²) in [5.74, 6) is 1.05. The van der Waals surface area contributed by atoms with Crippen LogP contribution in [0.1, 0.15) is 12.8 Å². The SMILES string of the molecule is COc1ccc(S(=O)(=O)Nc2ccc(N3CCCC3=O)c(OC)c2)cc1. The van der Waals surface area contributed by atoms with Crippen molar-refractivity contribution < 1.29 is 22.7 Å². The molecule has 1 aliphatic rings. The van der Waals surface area contributed by atoms with Gasteiger partial charge in [0.2, 0.25) is 5.91 Å². The van der Waals surface area contributed by atoms with E-state index in [1.807, 2.05) is 0 Å². The van der Waals surface area contributed by atoms with E-state index in [1.165, 1.54) is 26.4 Å². The largest absolute Gasteiger partial charge is 0.497 e. The molecule has 2 aromatic carbocycles. The van der Waals surface area contributed by atoms with Crippen LogP contribution in [0.25, 0.3) is 0 Å². The van der Waals surface area contributed by atoms with Crippen LogP contribution >= 0.6 is 0 Å². The normalized spacial score (nSPS) is 14.4. The molecule has 1 aliphatic heterocycles. The molecule has 0 spiro atoms. The van der Waals surface area contributed by atoms with Crippen molar-refractivity contribution in [3.63, 3.8) is 0 Å². The molecule has 0 aromatic heterocycles. The maximum atomic E-state index is 12.5. The van der Waals surface area contributed by atoms with Gasteiger partial charge in [-0.15, -0.1) is 0 Å². The average molecular weight is 376 g/mol. The molecule has 1 fully saturated rings. The summed E-state index contributed by atoms with van der Waals surface area (Å²) in [6, 6.07) is 11.0. The summed E-state index contributed by atoms with van der Waals surface area (Å²) in [5, 5.41) is 0. The Hall–Kier alpha value is -2.74. The van der Waals surface area contributed by atoms with Gasteiger partial charge < -0.3 is 14.4 Å². The van der Waals surface area contributed by atoms with E-state index in [0.29, 0.717) is 35.8 Å². The standard InChI is InChI=1S/C18H20N2O5S/c1-24-14-6-8-15(9-7-14)26(22,23)19-13-5-10-16(17(12-13)25-2)20-11-3-4-18(20)21/h5-10,12,19H,3-4,11H2,1-2H3. The Balaban J connectivity index is 1.86. The zero-order valence-corrected chi connectivity index (χ0v) is 15.4. The van der Waals surface area contributed by atoms with E-state index >= 15 is 0 Å². The lowest BCUT2D eigenvalue weighted by molar-refractivity contribution is -0.117. The second-order valence-electron chi connectivity index (χ2n) is 5.82. The summed E-state index contributed by atoms with van der Waals surface area (Å²) >= 11 is 0. The van der Waals surface area contributed by atoms with Crippen LogP contribution in [0, 0.1) is 0 Å². The number of hydrogen-bond acceptors (Lipinski definition) is 5. The van der Waals surface area contributed by atoms with Crippen LogP contribution in [0.15, 0.2) is 47.4 Å². The molecule has 0 radical (unpaired) electrons. The van der Waals surface area contributed by atoms with Gasteiger partial charge in [-0.25, -0.2) is 8.42 Å². The number of hydrogen-bond donors (Lipinski definition) is 1. The summed E-state index contributed by atoms with van der Waals surface area (Å²) in [6.07, 6.45) is 1.31.